The Hall–Kier alpha value is -0.160. The fraction of sp³-hybridized carbons (Fsp3) is 1.00. The molecule has 4 nitrogen and oxygen atoms in total. The van der Waals surface area contributed by atoms with Crippen LogP contribution in [0.5, 0.6) is 0 Å². The van der Waals surface area contributed by atoms with Crippen LogP contribution in [0.4, 0.5) is 0 Å². The van der Waals surface area contributed by atoms with Crippen molar-refractivity contribution >= 4 is 0 Å². The maximum absolute atomic E-state index is 6.72. The third-order valence-electron chi connectivity index (χ3n) is 8.75. The van der Waals surface area contributed by atoms with Crippen LogP contribution >= 0.6 is 0 Å². The van der Waals surface area contributed by atoms with E-state index in [1.54, 1.807) is 0 Å². The van der Waals surface area contributed by atoms with Gasteiger partial charge in [-0.05, 0) is 97.3 Å². The number of ether oxygens (including phenoxy) is 4. The Morgan fingerprint density at radius 2 is 1.53 bits per heavy atom. The average molecular weight is 451 g/mol. The molecule has 4 rings (SSSR count). The average Bonchev–Trinajstić information content (AvgIpc) is 2.79. The molecular weight excluding hydrogens is 400 g/mol. The molecule has 1 saturated heterocycles. The van der Waals surface area contributed by atoms with Gasteiger partial charge in [0.1, 0.15) is 0 Å². The highest BCUT2D eigenvalue weighted by atomic mass is 16.7. The van der Waals surface area contributed by atoms with E-state index in [0.717, 1.165) is 25.2 Å². The van der Waals surface area contributed by atoms with Crippen molar-refractivity contribution in [2.24, 2.45) is 17.8 Å². The standard InChI is InChI=1S/C28H50O4/c1-20(2)29-27(22-12-6-5-7-13-22)30-24-15-10-14-23(19-24)28(3,4)32-26-18-17-21-11-8-9-16-25(21)31-26/h20-27H,5-19H2,1-4H3. The fourth-order valence-electron chi connectivity index (χ4n) is 6.84. The first-order chi connectivity index (χ1) is 15.4. The highest BCUT2D eigenvalue weighted by Crippen LogP contribution is 2.42. The van der Waals surface area contributed by atoms with Gasteiger partial charge in [0, 0.05) is 5.92 Å². The molecule has 0 aromatic heterocycles. The summed E-state index contributed by atoms with van der Waals surface area (Å²) in [6.45, 7) is 8.86. The second-order valence-corrected chi connectivity index (χ2v) is 12.0. The van der Waals surface area contributed by atoms with Crippen molar-refractivity contribution in [3.8, 4) is 0 Å². The molecule has 0 aromatic carbocycles. The molecule has 3 aliphatic carbocycles. The first kappa shape index (κ1) is 24.9. The highest BCUT2D eigenvalue weighted by molar-refractivity contribution is 4.88. The Labute approximate surface area is 197 Å². The van der Waals surface area contributed by atoms with E-state index in [-0.39, 0.29) is 30.4 Å². The summed E-state index contributed by atoms with van der Waals surface area (Å²) in [5.74, 6) is 1.85. The van der Waals surface area contributed by atoms with E-state index in [2.05, 4.69) is 27.7 Å². The molecule has 0 amide bonds. The lowest BCUT2D eigenvalue weighted by molar-refractivity contribution is -0.271. The smallest absolute Gasteiger partial charge is 0.161 e. The lowest BCUT2D eigenvalue weighted by Gasteiger charge is -2.45. The maximum atomic E-state index is 6.72. The van der Waals surface area contributed by atoms with Crippen LogP contribution in [-0.4, -0.2) is 36.5 Å². The van der Waals surface area contributed by atoms with Gasteiger partial charge in [0.25, 0.3) is 0 Å². The predicted octanol–water partition coefficient (Wildman–Crippen LogP) is 7.38. The van der Waals surface area contributed by atoms with Crippen molar-refractivity contribution in [2.75, 3.05) is 0 Å². The van der Waals surface area contributed by atoms with Crippen LogP contribution in [0.2, 0.25) is 0 Å². The van der Waals surface area contributed by atoms with Gasteiger partial charge in [-0.1, -0.05) is 38.5 Å². The van der Waals surface area contributed by atoms with E-state index >= 15 is 0 Å². The molecule has 4 aliphatic rings. The van der Waals surface area contributed by atoms with Crippen molar-refractivity contribution in [1.29, 1.82) is 0 Å². The summed E-state index contributed by atoms with van der Waals surface area (Å²) in [5, 5.41) is 0. The van der Waals surface area contributed by atoms with Crippen LogP contribution in [0.1, 0.15) is 124 Å². The monoisotopic (exact) mass is 450 g/mol. The van der Waals surface area contributed by atoms with E-state index in [0.29, 0.717) is 17.9 Å². The second-order valence-electron chi connectivity index (χ2n) is 12.0. The van der Waals surface area contributed by atoms with Crippen molar-refractivity contribution in [3.05, 3.63) is 0 Å². The van der Waals surface area contributed by atoms with Gasteiger partial charge in [-0.25, -0.2) is 0 Å². The SMILES string of the molecule is CC(C)OC(OC1CCCC(C(C)(C)OC2CCC3CCCCC3O2)C1)C1CCCCC1. The molecule has 0 N–H and O–H groups in total. The van der Waals surface area contributed by atoms with Gasteiger partial charge in [0.2, 0.25) is 0 Å². The second kappa shape index (κ2) is 11.5. The maximum Gasteiger partial charge on any atom is 0.161 e. The van der Waals surface area contributed by atoms with Gasteiger partial charge < -0.3 is 18.9 Å². The van der Waals surface area contributed by atoms with Crippen LogP contribution in [0.3, 0.4) is 0 Å². The van der Waals surface area contributed by atoms with Crippen LogP contribution < -0.4 is 0 Å². The zero-order chi connectivity index (χ0) is 22.6. The molecule has 0 spiro atoms. The van der Waals surface area contributed by atoms with Gasteiger partial charge >= 0.3 is 0 Å². The third kappa shape index (κ3) is 6.71. The van der Waals surface area contributed by atoms with E-state index in [1.807, 2.05) is 0 Å². The molecule has 6 unspecified atom stereocenters. The van der Waals surface area contributed by atoms with Crippen molar-refractivity contribution in [3.63, 3.8) is 0 Å². The summed E-state index contributed by atoms with van der Waals surface area (Å²) < 4.78 is 26.2. The minimum absolute atomic E-state index is 0.0232. The largest absolute Gasteiger partial charge is 0.350 e. The zero-order valence-electron chi connectivity index (χ0n) is 21.4. The Balaban J connectivity index is 1.31. The minimum Gasteiger partial charge on any atom is -0.350 e. The van der Waals surface area contributed by atoms with Gasteiger partial charge in [-0.2, -0.15) is 0 Å². The van der Waals surface area contributed by atoms with Crippen molar-refractivity contribution in [1.82, 2.24) is 0 Å². The van der Waals surface area contributed by atoms with E-state index < -0.39 is 0 Å². The van der Waals surface area contributed by atoms with Gasteiger partial charge in [-0.15, -0.1) is 0 Å². The minimum atomic E-state index is -0.173. The molecule has 0 aromatic rings. The summed E-state index contributed by atoms with van der Waals surface area (Å²) in [5.41, 5.74) is -0.173. The molecule has 186 valence electrons. The Kier molecular flexibility index (Phi) is 8.98. The fourth-order valence-corrected chi connectivity index (χ4v) is 6.84. The number of hydrogen-bond acceptors (Lipinski definition) is 4. The van der Waals surface area contributed by atoms with Gasteiger partial charge in [0.15, 0.2) is 12.6 Å². The van der Waals surface area contributed by atoms with Crippen LogP contribution in [0.25, 0.3) is 0 Å². The normalized spacial score (nSPS) is 36.1. The van der Waals surface area contributed by atoms with Crippen LogP contribution in [-0.2, 0) is 18.9 Å². The third-order valence-corrected chi connectivity index (χ3v) is 8.75. The number of hydrogen-bond donors (Lipinski definition) is 0. The van der Waals surface area contributed by atoms with Gasteiger partial charge in [0.05, 0.1) is 23.9 Å². The van der Waals surface area contributed by atoms with Crippen LogP contribution in [0.15, 0.2) is 0 Å². The number of rotatable bonds is 8. The highest BCUT2D eigenvalue weighted by Gasteiger charge is 2.41. The molecule has 1 heterocycles. The summed E-state index contributed by atoms with van der Waals surface area (Å²) in [7, 11) is 0. The Morgan fingerprint density at radius 1 is 0.781 bits per heavy atom. The first-order valence-electron chi connectivity index (χ1n) is 14.0. The molecule has 1 aliphatic heterocycles. The van der Waals surface area contributed by atoms with Crippen molar-refractivity contribution < 1.29 is 18.9 Å². The predicted molar refractivity (Wildman–Crippen MR) is 128 cm³/mol. The molecular formula is C28H50O4. The van der Waals surface area contributed by atoms with E-state index in [4.69, 9.17) is 18.9 Å². The van der Waals surface area contributed by atoms with E-state index in [1.165, 1.54) is 77.0 Å². The summed E-state index contributed by atoms with van der Waals surface area (Å²) in [6.07, 6.45) is 19.7. The number of fused-ring (bicyclic) bond motifs is 1. The first-order valence-corrected chi connectivity index (χ1v) is 14.0. The Bertz CT molecular complexity index is 556. The Morgan fingerprint density at radius 3 is 2.31 bits per heavy atom. The molecule has 0 radical (unpaired) electrons. The summed E-state index contributed by atoms with van der Waals surface area (Å²) >= 11 is 0. The van der Waals surface area contributed by atoms with Crippen molar-refractivity contribution in [2.45, 2.75) is 161 Å². The summed E-state index contributed by atoms with van der Waals surface area (Å²) in [6, 6.07) is 0. The summed E-state index contributed by atoms with van der Waals surface area (Å²) in [4.78, 5) is 0. The lowest BCUT2D eigenvalue weighted by atomic mass is 9.77. The van der Waals surface area contributed by atoms with E-state index in [9.17, 15) is 0 Å². The van der Waals surface area contributed by atoms with Crippen LogP contribution in [0, 0.1) is 17.8 Å². The molecule has 6 atom stereocenters. The molecule has 4 fully saturated rings. The topological polar surface area (TPSA) is 36.9 Å². The molecule has 4 heteroatoms. The molecule has 0 bridgehead atoms. The molecule has 3 saturated carbocycles. The quantitative estimate of drug-likeness (QED) is 0.361. The zero-order valence-corrected chi connectivity index (χ0v) is 21.4. The lowest BCUT2D eigenvalue weighted by Crippen LogP contribution is -2.46. The van der Waals surface area contributed by atoms with Gasteiger partial charge in [-0.3, -0.25) is 0 Å². The molecule has 32 heavy (non-hydrogen) atoms.